The third-order valence-electron chi connectivity index (χ3n) is 3.35. The standard InChI is InChI=1S/C16H17ClN2O2/c1-4-12(2)15(20)16(3,19-10-9-18-11-19)21-14-7-5-13(17)6-8-14/h4-12H,1H2,2-3H3. The lowest BCUT2D eigenvalue weighted by Gasteiger charge is -2.32. The Labute approximate surface area is 129 Å². The summed E-state index contributed by atoms with van der Waals surface area (Å²) in [7, 11) is 0. The number of halogens is 1. The molecule has 0 aliphatic rings. The molecule has 0 fully saturated rings. The molecule has 0 amide bonds. The Balaban J connectivity index is 2.39. The SMILES string of the molecule is C=CC(C)C(=O)C(C)(Oc1ccc(Cl)cc1)n1ccnc1. The topological polar surface area (TPSA) is 44.1 Å². The summed E-state index contributed by atoms with van der Waals surface area (Å²) in [5.41, 5.74) is -1.20. The van der Waals surface area contributed by atoms with Gasteiger partial charge in [0, 0.05) is 30.3 Å². The van der Waals surface area contributed by atoms with Crippen molar-refractivity contribution in [1.82, 2.24) is 9.55 Å². The van der Waals surface area contributed by atoms with E-state index in [0.29, 0.717) is 10.8 Å². The second kappa shape index (κ2) is 6.14. The Kier molecular flexibility index (Phi) is 4.48. The van der Waals surface area contributed by atoms with E-state index in [9.17, 15) is 4.79 Å². The normalized spacial score (nSPS) is 15.0. The van der Waals surface area contributed by atoms with E-state index in [0.717, 1.165) is 0 Å². The Morgan fingerprint density at radius 2 is 2.14 bits per heavy atom. The third kappa shape index (κ3) is 3.16. The number of aromatic nitrogens is 2. The summed E-state index contributed by atoms with van der Waals surface area (Å²) in [6, 6.07) is 6.88. The van der Waals surface area contributed by atoms with Crippen LogP contribution in [0.5, 0.6) is 5.75 Å². The first kappa shape index (κ1) is 15.3. The molecule has 0 N–H and O–H groups in total. The van der Waals surface area contributed by atoms with Crippen LogP contribution in [0.1, 0.15) is 13.8 Å². The summed E-state index contributed by atoms with van der Waals surface area (Å²) >= 11 is 5.87. The van der Waals surface area contributed by atoms with Gasteiger partial charge in [0.05, 0.1) is 6.33 Å². The minimum Gasteiger partial charge on any atom is -0.460 e. The lowest BCUT2D eigenvalue weighted by atomic mass is 9.97. The van der Waals surface area contributed by atoms with Crippen LogP contribution in [-0.2, 0) is 10.5 Å². The number of benzene rings is 1. The zero-order valence-electron chi connectivity index (χ0n) is 12.0. The Morgan fingerprint density at radius 3 is 2.67 bits per heavy atom. The maximum atomic E-state index is 12.7. The number of carbonyl (C=O) groups excluding carboxylic acids is 1. The lowest BCUT2D eigenvalue weighted by Crippen LogP contribution is -2.46. The third-order valence-corrected chi connectivity index (χ3v) is 3.60. The van der Waals surface area contributed by atoms with Gasteiger partial charge in [-0.25, -0.2) is 4.98 Å². The molecule has 2 aromatic rings. The fraction of sp³-hybridized carbons (Fsp3) is 0.250. The molecule has 0 radical (unpaired) electrons. The predicted molar refractivity (Wildman–Crippen MR) is 82.3 cm³/mol. The zero-order chi connectivity index (χ0) is 15.5. The number of imidazole rings is 1. The zero-order valence-corrected chi connectivity index (χ0v) is 12.7. The molecule has 0 aliphatic carbocycles. The Morgan fingerprint density at radius 1 is 1.48 bits per heavy atom. The highest BCUT2D eigenvalue weighted by Crippen LogP contribution is 2.27. The highest BCUT2D eigenvalue weighted by atomic mass is 35.5. The molecule has 5 heteroatoms. The average Bonchev–Trinajstić information content (AvgIpc) is 3.02. The quantitative estimate of drug-likeness (QED) is 0.765. The van der Waals surface area contributed by atoms with Crippen LogP contribution in [0.25, 0.3) is 0 Å². The molecule has 1 heterocycles. The van der Waals surface area contributed by atoms with Crippen molar-refractivity contribution in [1.29, 1.82) is 0 Å². The number of rotatable bonds is 6. The van der Waals surface area contributed by atoms with Gasteiger partial charge in [-0.2, -0.15) is 0 Å². The molecule has 2 unspecified atom stereocenters. The van der Waals surface area contributed by atoms with Crippen molar-refractivity contribution >= 4 is 17.4 Å². The fourth-order valence-electron chi connectivity index (χ4n) is 2.00. The number of nitrogens with zero attached hydrogens (tertiary/aromatic N) is 2. The predicted octanol–water partition coefficient (Wildman–Crippen LogP) is 3.68. The molecule has 0 bridgehead atoms. The number of ether oxygens (including phenoxy) is 1. The molecule has 1 aromatic heterocycles. The van der Waals surface area contributed by atoms with Crippen LogP contribution in [0.15, 0.2) is 55.6 Å². The molecule has 110 valence electrons. The van der Waals surface area contributed by atoms with Gasteiger partial charge in [0.2, 0.25) is 11.5 Å². The molecule has 0 spiro atoms. The second-order valence-corrected chi connectivity index (χ2v) is 5.33. The van der Waals surface area contributed by atoms with Gasteiger partial charge in [-0.05, 0) is 24.3 Å². The highest BCUT2D eigenvalue weighted by Gasteiger charge is 2.39. The summed E-state index contributed by atoms with van der Waals surface area (Å²) in [5.74, 6) is 0.107. The fourth-order valence-corrected chi connectivity index (χ4v) is 2.13. The molecular formula is C16H17ClN2O2. The van der Waals surface area contributed by atoms with Gasteiger partial charge < -0.3 is 4.74 Å². The van der Waals surface area contributed by atoms with Gasteiger partial charge in [0.1, 0.15) is 5.75 Å². The number of carbonyl (C=O) groups is 1. The van der Waals surface area contributed by atoms with Gasteiger partial charge in [0.15, 0.2) is 0 Å². The van der Waals surface area contributed by atoms with Crippen LogP contribution < -0.4 is 4.74 Å². The second-order valence-electron chi connectivity index (χ2n) is 4.90. The van der Waals surface area contributed by atoms with Crippen LogP contribution >= 0.6 is 11.6 Å². The van der Waals surface area contributed by atoms with Gasteiger partial charge in [-0.15, -0.1) is 6.58 Å². The highest BCUT2D eigenvalue weighted by molar-refractivity contribution is 6.30. The van der Waals surface area contributed by atoms with E-state index in [-0.39, 0.29) is 11.7 Å². The van der Waals surface area contributed by atoms with E-state index in [1.807, 2.05) is 0 Å². The average molecular weight is 305 g/mol. The largest absolute Gasteiger partial charge is 0.460 e. The molecule has 2 rings (SSSR count). The van der Waals surface area contributed by atoms with Crippen LogP contribution in [0.2, 0.25) is 5.02 Å². The summed E-state index contributed by atoms with van der Waals surface area (Å²) < 4.78 is 7.60. The van der Waals surface area contributed by atoms with Crippen molar-refractivity contribution in [2.75, 3.05) is 0 Å². The molecular weight excluding hydrogens is 288 g/mol. The van der Waals surface area contributed by atoms with Gasteiger partial charge in [0.25, 0.3) is 0 Å². The monoisotopic (exact) mass is 304 g/mol. The van der Waals surface area contributed by atoms with Gasteiger partial charge in [-0.3, -0.25) is 9.36 Å². The molecule has 0 aliphatic heterocycles. The number of hydrogen-bond acceptors (Lipinski definition) is 3. The number of hydrogen-bond donors (Lipinski definition) is 0. The summed E-state index contributed by atoms with van der Waals surface area (Å²) in [6.07, 6.45) is 6.46. The van der Waals surface area contributed by atoms with Crippen molar-refractivity contribution in [2.45, 2.75) is 19.6 Å². The first-order valence-electron chi connectivity index (χ1n) is 6.57. The minimum absolute atomic E-state index is 0.106. The minimum atomic E-state index is -1.20. The van der Waals surface area contributed by atoms with E-state index in [2.05, 4.69) is 11.6 Å². The van der Waals surface area contributed by atoms with Crippen molar-refractivity contribution in [3.05, 3.63) is 60.7 Å². The van der Waals surface area contributed by atoms with E-state index in [1.165, 1.54) is 0 Å². The van der Waals surface area contributed by atoms with E-state index >= 15 is 0 Å². The lowest BCUT2D eigenvalue weighted by molar-refractivity contribution is -0.144. The molecule has 2 atom stereocenters. The summed E-state index contributed by atoms with van der Waals surface area (Å²) in [4.78, 5) is 16.7. The number of ketones is 1. The first-order valence-corrected chi connectivity index (χ1v) is 6.95. The molecule has 0 saturated carbocycles. The number of allylic oxidation sites excluding steroid dienone is 1. The Hall–Kier alpha value is -2.07. The smallest absolute Gasteiger partial charge is 0.244 e. The molecule has 4 nitrogen and oxygen atoms in total. The van der Waals surface area contributed by atoms with Crippen LogP contribution in [0.4, 0.5) is 0 Å². The van der Waals surface area contributed by atoms with Crippen molar-refractivity contribution in [3.8, 4) is 5.75 Å². The van der Waals surface area contributed by atoms with Gasteiger partial charge in [-0.1, -0.05) is 24.6 Å². The Bertz CT molecular complexity index is 622. The van der Waals surface area contributed by atoms with Crippen LogP contribution in [0, 0.1) is 5.92 Å². The van der Waals surface area contributed by atoms with Crippen LogP contribution in [-0.4, -0.2) is 15.3 Å². The van der Waals surface area contributed by atoms with Crippen molar-refractivity contribution in [2.24, 2.45) is 5.92 Å². The first-order chi connectivity index (χ1) is 9.97. The van der Waals surface area contributed by atoms with E-state index < -0.39 is 5.72 Å². The van der Waals surface area contributed by atoms with Crippen LogP contribution in [0.3, 0.4) is 0 Å². The van der Waals surface area contributed by atoms with Gasteiger partial charge >= 0.3 is 0 Å². The van der Waals surface area contributed by atoms with Crippen molar-refractivity contribution < 1.29 is 9.53 Å². The summed E-state index contributed by atoms with van der Waals surface area (Å²) in [6.45, 7) is 7.18. The molecule has 0 saturated heterocycles. The number of Topliss-reactive ketones (excluding diaryl/α,β-unsaturated/α-hetero) is 1. The van der Waals surface area contributed by atoms with E-state index in [1.54, 1.807) is 67.5 Å². The maximum Gasteiger partial charge on any atom is 0.244 e. The van der Waals surface area contributed by atoms with Crippen molar-refractivity contribution in [3.63, 3.8) is 0 Å². The van der Waals surface area contributed by atoms with E-state index in [4.69, 9.17) is 16.3 Å². The molecule has 1 aromatic carbocycles. The molecule has 21 heavy (non-hydrogen) atoms. The maximum absolute atomic E-state index is 12.7. The summed E-state index contributed by atoms with van der Waals surface area (Å²) in [5, 5.41) is 0.609.